The van der Waals surface area contributed by atoms with Gasteiger partial charge >= 0.3 is 11.9 Å². The van der Waals surface area contributed by atoms with E-state index in [1.807, 2.05) is 60.7 Å². The summed E-state index contributed by atoms with van der Waals surface area (Å²) >= 11 is 0. The lowest BCUT2D eigenvalue weighted by molar-refractivity contribution is -0.145. The van der Waals surface area contributed by atoms with Crippen molar-refractivity contribution >= 4 is 11.9 Å². The van der Waals surface area contributed by atoms with Crippen molar-refractivity contribution in [1.29, 1.82) is 0 Å². The number of benzene rings is 2. The molecule has 0 amide bonds. The van der Waals surface area contributed by atoms with E-state index >= 15 is 0 Å². The fourth-order valence-electron chi connectivity index (χ4n) is 3.94. The number of hydrogen-bond donors (Lipinski definition) is 4. The van der Waals surface area contributed by atoms with E-state index in [1.165, 1.54) is 5.56 Å². The van der Waals surface area contributed by atoms with Gasteiger partial charge in [0.05, 0.1) is 159 Å². The molecule has 0 saturated carbocycles. The van der Waals surface area contributed by atoms with Crippen molar-refractivity contribution in [3.05, 3.63) is 71.8 Å². The molecule has 0 bridgehead atoms. The Kier molecular flexibility index (Phi) is 63.0. The van der Waals surface area contributed by atoms with E-state index in [9.17, 15) is 9.59 Å². The fourth-order valence-corrected chi connectivity index (χ4v) is 3.94. The molecule has 0 spiro atoms. The summed E-state index contributed by atoms with van der Waals surface area (Å²) in [4.78, 5) is 21.5. The maximum absolute atomic E-state index is 10.8. The normalized spacial score (nSPS) is 10.1. The maximum atomic E-state index is 10.8. The van der Waals surface area contributed by atoms with Gasteiger partial charge in [0.1, 0.15) is 13.2 Å². The summed E-state index contributed by atoms with van der Waals surface area (Å²) in [7, 11) is 0. The standard InChI is InChI=1S/C16H24O5.C13H20O4.C9H18O5.C6H14O4.2CH4/c1-2-16(17)21-13-12-19-9-8-18-10-11-20-14-15-6-4-3-5-7-15;14-6-7-15-8-9-16-10-11-17-12-13-4-2-1-3-5-13;1-2-9(11)14-8-7-13-6-5-12-4-3-10;7-1-3-9-5-6-10-4-2-8;;/h3-7H,2,8-14H2,1H3;1-5,14H,6-12H2;10H,2-8H2,1H3;7-8H,1-6H2;2*1H4. The molecule has 0 aromatic heterocycles. The monoisotopic (exact) mass is 925 g/mol. The van der Waals surface area contributed by atoms with Crippen molar-refractivity contribution in [2.75, 3.05) is 159 Å². The Balaban J connectivity index is -0.000000383. The van der Waals surface area contributed by atoms with Crippen LogP contribution in [0.15, 0.2) is 60.7 Å². The minimum absolute atomic E-state index is 0. The van der Waals surface area contributed by atoms with Crippen LogP contribution in [0.25, 0.3) is 0 Å². The van der Waals surface area contributed by atoms with Gasteiger partial charge in [0.25, 0.3) is 0 Å². The summed E-state index contributed by atoms with van der Waals surface area (Å²) in [5.74, 6) is -0.421. The van der Waals surface area contributed by atoms with Gasteiger partial charge in [-0.15, -0.1) is 0 Å². The zero-order valence-corrected chi connectivity index (χ0v) is 37.1. The minimum Gasteiger partial charge on any atom is -0.463 e. The first-order valence-electron chi connectivity index (χ1n) is 21.1. The van der Waals surface area contributed by atoms with Crippen molar-refractivity contribution < 1.29 is 86.9 Å². The zero-order chi connectivity index (χ0) is 45.7. The summed E-state index contributed by atoms with van der Waals surface area (Å²) < 4.78 is 61.3. The number of carbonyl (C=O) groups excluding carboxylic acids is 2. The lowest BCUT2D eigenvalue weighted by Gasteiger charge is -2.07. The van der Waals surface area contributed by atoms with Crippen LogP contribution in [0.5, 0.6) is 0 Å². The van der Waals surface area contributed by atoms with Crippen LogP contribution in [-0.4, -0.2) is 191 Å². The molecule has 2 aromatic rings. The van der Waals surface area contributed by atoms with Crippen molar-refractivity contribution in [2.24, 2.45) is 0 Å². The highest BCUT2D eigenvalue weighted by molar-refractivity contribution is 5.69. The highest BCUT2D eigenvalue weighted by Crippen LogP contribution is 2.01. The second-order valence-electron chi connectivity index (χ2n) is 12.0. The Morgan fingerprint density at radius 3 is 0.797 bits per heavy atom. The van der Waals surface area contributed by atoms with Crippen LogP contribution < -0.4 is 0 Å². The molecular weight excluding hydrogens is 840 g/mol. The number of aliphatic hydroxyl groups is 4. The summed E-state index contributed by atoms with van der Waals surface area (Å²) in [5, 5.41) is 33.4. The molecule has 2 aromatic carbocycles. The Morgan fingerprint density at radius 1 is 0.344 bits per heavy atom. The first-order valence-corrected chi connectivity index (χ1v) is 21.1. The van der Waals surface area contributed by atoms with E-state index in [-0.39, 0.29) is 59.8 Å². The number of esters is 2. The van der Waals surface area contributed by atoms with E-state index < -0.39 is 0 Å². The SMILES string of the molecule is C.C.CCC(=O)OCCOCCOCCO.CCC(=O)OCCOCCOCCOCc1ccccc1.OCCOCCOCCO.OCCOCCOCCOCc1ccccc1. The Morgan fingerprint density at radius 2 is 0.562 bits per heavy atom. The average Bonchev–Trinajstić information content (AvgIpc) is 3.30. The van der Waals surface area contributed by atoms with Crippen LogP contribution in [0.4, 0.5) is 0 Å². The Labute approximate surface area is 383 Å². The molecule has 4 N–H and O–H groups in total. The third-order valence-corrected chi connectivity index (χ3v) is 6.96. The molecule has 0 unspecified atom stereocenters. The molecule has 0 aliphatic rings. The molecule has 0 atom stereocenters. The van der Waals surface area contributed by atoms with Gasteiger partial charge < -0.3 is 77.3 Å². The highest BCUT2D eigenvalue weighted by Gasteiger charge is 1.99. The summed E-state index contributed by atoms with van der Waals surface area (Å²) in [5.41, 5.74) is 2.32. The van der Waals surface area contributed by atoms with Gasteiger partial charge in [0.15, 0.2) is 0 Å². The topological polar surface area (TPSA) is 226 Å². The maximum Gasteiger partial charge on any atom is 0.305 e. The van der Waals surface area contributed by atoms with Gasteiger partial charge in [-0.25, -0.2) is 0 Å². The zero-order valence-electron chi connectivity index (χ0n) is 37.1. The second kappa shape index (κ2) is 59.8. The summed E-state index contributed by atoms with van der Waals surface area (Å²) in [6.45, 7) is 13.8. The highest BCUT2D eigenvalue weighted by atomic mass is 16.6. The summed E-state index contributed by atoms with van der Waals surface area (Å²) in [6.07, 6.45) is 0.783. The van der Waals surface area contributed by atoms with Gasteiger partial charge in [-0.05, 0) is 11.1 Å². The second-order valence-corrected chi connectivity index (χ2v) is 12.0. The first-order chi connectivity index (χ1) is 30.5. The van der Waals surface area contributed by atoms with Crippen molar-refractivity contribution in [3.63, 3.8) is 0 Å². The van der Waals surface area contributed by atoms with E-state index in [0.717, 1.165) is 5.56 Å². The molecule has 0 saturated heterocycles. The number of carbonyl (C=O) groups is 2. The summed E-state index contributed by atoms with van der Waals surface area (Å²) in [6, 6.07) is 20.1. The van der Waals surface area contributed by atoms with E-state index in [2.05, 4.69) is 0 Å². The van der Waals surface area contributed by atoms with Crippen molar-refractivity contribution in [1.82, 2.24) is 0 Å². The van der Waals surface area contributed by atoms with Crippen molar-refractivity contribution in [2.45, 2.75) is 54.8 Å². The fraction of sp³-hybridized carbons (Fsp3) is 0.696. The van der Waals surface area contributed by atoms with Crippen LogP contribution in [0.3, 0.4) is 0 Å². The van der Waals surface area contributed by atoms with Crippen molar-refractivity contribution in [3.8, 4) is 0 Å². The molecule has 18 nitrogen and oxygen atoms in total. The molecule has 18 heteroatoms. The smallest absolute Gasteiger partial charge is 0.305 e. The molecule has 0 heterocycles. The third kappa shape index (κ3) is 56.8. The predicted molar refractivity (Wildman–Crippen MR) is 243 cm³/mol. The largest absolute Gasteiger partial charge is 0.463 e. The number of aliphatic hydroxyl groups excluding tert-OH is 4. The minimum atomic E-state index is -0.217. The Hall–Kier alpha value is -3.18. The van der Waals surface area contributed by atoms with Crippen LogP contribution in [0, 0.1) is 0 Å². The molecular formula is C46H84O18. The van der Waals surface area contributed by atoms with Crippen LogP contribution in [0.1, 0.15) is 52.7 Å². The molecule has 0 aliphatic heterocycles. The number of rotatable bonds is 38. The Bertz CT molecular complexity index is 1140. The van der Waals surface area contributed by atoms with Gasteiger partial charge in [-0.1, -0.05) is 89.4 Å². The van der Waals surface area contributed by atoms with Gasteiger partial charge in [-0.3, -0.25) is 9.59 Å². The van der Waals surface area contributed by atoms with E-state index in [0.29, 0.717) is 152 Å². The van der Waals surface area contributed by atoms with E-state index in [1.54, 1.807) is 13.8 Å². The molecule has 0 radical (unpaired) electrons. The van der Waals surface area contributed by atoms with Gasteiger partial charge in [0, 0.05) is 12.8 Å². The molecule has 64 heavy (non-hydrogen) atoms. The van der Waals surface area contributed by atoms with Gasteiger partial charge in [-0.2, -0.15) is 0 Å². The van der Waals surface area contributed by atoms with Crippen LogP contribution in [-0.2, 0) is 79.6 Å². The van der Waals surface area contributed by atoms with Crippen LogP contribution in [0.2, 0.25) is 0 Å². The molecule has 0 aliphatic carbocycles. The quantitative estimate of drug-likeness (QED) is 0.0557. The van der Waals surface area contributed by atoms with Gasteiger partial charge in [0.2, 0.25) is 0 Å². The van der Waals surface area contributed by atoms with E-state index in [4.69, 9.17) is 77.3 Å². The average molecular weight is 925 g/mol. The molecule has 2 rings (SSSR count). The molecule has 376 valence electrons. The predicted octanol–water partition coefficient (Wildman–Crippen LogP) is 3.66. The first kappa shape index (κ1) is 67.4. The lowest BCUT2D eigenvalue weighted by atomic mass is 10.2. The molecule has 0 fully saturated rings. The number of hydrogen-bond acceptors (Lipinski definition) is 18. The van der Waals surface area contributed by atoms with Crippen LogP contribution >= 0.6 is 0 Å². The third-order valence-electron chi connectivity index (χ3n) is 6.96. The number of ether oxygens (including phenoxy) is 12. The lowest BCUT2D eigenvalue weighted by Crippen LogP contribution is -2.13.